The van der Waals surface area contributed by atoms with Crippen molar-refractivity contribution in [2.45, 2.75) is 5.41 Å². The molecule has 2 heterocycles. The molecule has 8 aromatic carbocycles. The molecule has 0 radical (unpaired) electrons. The van der Waals surface area contributed by atoms with E-state index in [-0.39, 0.29) is 0 Å². The zero-order valence-corrected chi connectivity index (χ0v) is 29.0. The van der Waals surface area contributed by atoms with Crippen LogP contribution in [0, 0.1) is 0 Å². The summed E-state index contributed by atoms with van der Waals surface area (Å²) in [5.74, 6) is 0. The molecule has 2 aromatic heterocycles. The molecule has 0 N–H and O–H groups in total. The van der Waals surface area contributed by atoms with Crippen molar-refractivity contribution in [1.82, 2.24) is 9.13 Å². The molecule has 0 bridgehead atoms. The van der Waals surface area contributed by atoms with Gasteiger partial charge >= 0.3 is 0 Å². The van der Waals surface area contributed by atoms with E-state index < -0.39 is 5.41 Å². The SMILES string of the molecule is c1ccc(C2(c3ccccc3)c3ccccc3-c3c(-c4ccc5c(ccn5-c5ccc(-n6c7ccccc7c7ccccc76)cc5)c4)cccc32)cc1. The largest absolute Gasteiger partial charge is 0.317 e. The Bertz CT molecular complexity index is 2890. The number of fused-ring (bicyclic) bond motifs is 7. The Morgan fingerprint density at radius 3 is 1.64 bits per heavy atom. The molecule has 0 aliphatic heterocycles. The van der Waals surface area contributed by atoms with Crippen molar-refractivity contribution in [1.29, 1.82) is 0 Å². The van der Waals surface area contributed by atoms with Gasteiger partial charge in [0.05, 0.1) is 22.0 Å². The Kier molecular flexibility index (Phi) is 6.50. The van der Waals surface area contributed by atoms with E-state index in [1.807, 2.05) is 0 Å². The van der Waals surface area contributed by atoms with Gasteiger partial charge in [-0.3, -0.25) is 0 Å². The topological polar surface area (TPSA) is 9.86 Å². The average molecular weight is 675 g/mol. The number of nitrogens with zero attached hydrogens (tertiary/aromatic N) is 2. The molecule has 2 nitrogen and oxygen atoms in total. The molecule has 0 unspecified atom stereocenters. The van der Waals surface area contributed by atoms with Crippen LogP contribution in [0.4, 0.5) is 0 Å². The Morgan fingerprint density at radius 1 is 0.377 bits per heavy atom. The average Bonchev–Trinajstić information content (AvgIpc) is 3.90. The molecule has 0 saturated heterocycles. The summed E-state index contributed by atoms with van der Waals surface area (Å²) >= 11 is 0. The Morgan fingerprint density at radius 2 is 0.943 bits per heavy atom. The van der Waals surface area contributed by atoms with Crippen LogP contribution in [0.2, 0.25) is 0 Å². The first-order valence-electron chi connectivity index (χ1n) is 18.4. The van der Waals surface area contributed by atoms with Gasteiger partial charge in [0.25, 0.3) is 0 Å². The summed E-state index contributed by atoms with van der Waals surface area (Å²) in [7, 11) is 0. The maximum Gasteiger partial charge on any atom is 0.0713 e. The van der Waals surface area contributed by atoms with Crippen LogP contribution in [-0.4, -0.2) is 9.13 Å². The van der Waals surface area contributed by atoms with Gasteiger partial charge < -0.3 is 9.13 Å². The summed E-state index contributed by atoms with van der Waals surface area (Å²) in [6.07, 6.45) is 2.20. The lowest BCUT2D eigenvalue weighted by atomic mass is 9.67. The second-order valence-corrected chi connectivity index (χ2v) is 14.1. The van der Waals surface area contributed by atoms with E-state index in [2.05, 4.69) is 216 Å². The molecule has 1 aliphatic rings. The minimum absolute atomic E-state index is 0.413. The molecule has 1 aliphatic carbocycles. The summed E-state index contributed by atoms with van der Waals surface area (Å²) in [5, 5.41) is 3.77. The summed E-state index contributed by atoms with van der Waals surface area (Å²) in [5.41, 5.74) is 15.8. The third-order valence-electron chi connectivity index (χ3n) is 11.4. The van der Waals surface area contributed by atoms with Crippen LogP contribution in [0.25, 0.3) is 66.3 Å². The van der Waals surface area contributed by atoms with E-state index >= 15 is 0 Å². The molecule has 0 amide bonds. The predicted octanol–water partition coefficient (Wildman–Crippen LogP) is 12.8. The zero-order valence-electron chi connectivity index (χ0n) is 29.0. The Hall–Kier alpha value is -6.90. The maximum absolute atomic E-state index is 2.37. The number of benzene rings is 8. The van der Waals surface area contributed by atoms with Gasteiger partial charge in [0.1, 0.15) is 0 Å². The molecule has 0 fully saturated rings. The summed E-state index contributed by atoms with van der Waals surface area (Å²) in [4.78, 5) is 0. The van der Waals surface area contributed by atoms with Crippen molar-refractivity contribution >= 4 is 32.7 Å². The smallest absolute Gasteiger partial charge is 0.0713 e. The third-order valence-corrected chi connectivity index (χ3v) is 11.4. The van der Waals surface area contributed by atoms with E-state index in [0.717, 1.165) is 11.4 Å². The lowest BCUT2D eigenvalue weighted by Crippen LogP contribution is -2.28. The van der Waals surface area contributed by atoms with Crippen molar-refractivity contribution in [3.05, 3.63) is 229 Å². The summed E-state index contributed by atoms with van der Waals surface area (Å²) in [6.45, 7) is 0. The molecule has 2 heteroatoms. The molecule has 0 atom stereocenters. The van der Waals surface area contributed by atoms with Crippen LogP contribution in [0.1, 0.15) is 22.3 Å². The Balaban J connectivity index is 1.03. The standard InChI is InChI=1S/C51H34N2/c1-3-14-37(15-4-1)51(38-16-5-2-6-17-38)45-22-10-7-20-44(45)50-41(21-13-23-46(50)51)35-26-31-47-36(34-35)32-33-52(47)39-27-29-40(30-28-39)53-48-24-11-8-18-42(48)43-19-9-12-25-49(43)53/h1-34H. The van der Waals surface area contributed by atoms with Crippen molar-refractivity contribution in [2.75, 3.05) is 0 Å². The number of aromatic nitrogens is 2. The van der Waals surface area contributed by atoms with Crippen LogP contribution in [0.15, 0.2) is 206 Å². The van der Waals surface area contributed by atoms with Crippen molar-refractivity contribution in [2.24, 2.45) is 0 Å². The zero-order chi connectivity index (χ0) is 34.9. The van der Waals surface area contributed by atoms with Crippen LogP contribution in [0.5, 0.6) is 0 Å². The van der Waals surface area contributed by atoms with Gasteiger partial charge in [-0.05, 0) is 99.1 Å². The van der Waals surface area contributed by atoms with Gasteiger partial charge in [0.15, 0.2) is 0 Å². The minimum Gasteiger partial charge on any atom is -0.317 e. The highest BCUT2D eigenvalue weighted by molar-refractivity contribution is 6.09. The van der Waals surface area contributed by atoms with E-state index in [9.17, 15) is 0 Å². The van der Waals surface area contributed by atoms with Gasteiger partial charge in [0, 0.05) is 33.7 Å². The lowest BCUT2D eigenvalue weighted by Gasteiger charge is -2.34. The molecule has 0 spiro atoms. The highest BCUT2D eigenvalue weighted by Gasteiger charge is 2.46. The van der Waals surface area contributed by atoms with Crippen LogP contribution in [-0.2, 0) is 5.41 Å². The van der Waals surface area contributed by atoms with Gasteiger partial charge in [-0.2, -0.15) is 0 Å². The fourth-order valence-electron chi connectivity index (χ4n) is 9.23. The van der Waals surface area contributed by atoms with Crippen molar-refractivity contribution in [3.8, 4) is 33.6 Å². The first kappa shape index (κ1) is 29.8. The molecule has 248 valence electrons. The van der Waals surface area contributed by atoms with Crippen LogP contribution < -0.4 is 0 Å². The fraction of sp³-hybridized carbons (Fsp3) is 0.0196. The lowest BCUT2D eigenvalue weighted by molar-refractivity contribution is 0.768. The molecule has 53 heavy (non-hydrogen) atoms. The molecule has 10 aromatic rings. The summed E-state index contributed by atoms with van der Waals surface area (Å²) < 4.78 is 4.67. The van der Waals surface area contributed by atoms with E-state index in [4.69, 9.17) is 0 Å². The first-order valence-corrected chi connectivity index (χ1v) is 18.4. The van der Waals surface area contributed by atoms with Crippen molar-refractivity contribution in [3.63, 3.8) is 0 Å². The number of rotatable bonds is 5. The number of hydrogen-bond donors (Lipinski definition) is 0. The molecule has 11 rings (SSSR count). The predicted molar refractivity (Wildman–Crippen MR) is 220 cm³/mol. The normalized spacial score (nSPS) is 13.1. The third kappa shape index (κ3) is 4.27. The number of hydrogen-bond acceptors (Lipinski definition) is 0. The quantitative estimate of drug-likeness (QED) is 0.172. The highest BCUT2D eigenvalue weighted by atomic mass is 15.0. The van der Waals surface area contributed by atoms with Crippen LogP contribution >= 0.6 is 0 Å². The van der Waals surface area contributed by atoms with Crippen LogP contribution in [0.3, 0.4) is 0 Å². The van der Waals surface area contributed by atoms with Gasteiger partial charge in [-0.25, -0.2) is 0 Å². The number of para-hydroxylation sites is 2. The molecular formula is C51H34N2. The minimum atomic E-state index is -0.413. The van der Waals surface area contributed by atoms with E-state index in [0.29, 0.717) is 0 Å². The van der Waals surface area contributed by atoms with Gasteiger partial charge in [-0.1, -0.05) is 146 Å². The fourth-order valence-corrected chi connectivity index (χ4v) is 9.23. The second kappa shape index (κ2) is 11.6. The van der Waals surface area contributed by atoms with Gasteiger partial charge in [0.2, 0.25) is 0 Å². The molecular weight excluding hydrogens is 641 g/mol. The van der Waals surface area contributed by atoms with Crippen molar-refractivity contribution < 1.29 is 0 Å². The summed E-state index contributed by atoms with van der Waals surface area (Å²) in [6, 6.07) is 73.4. The Labute approximate surface area is 308 Å². The first-order chi connectivity index (χ1) is 26.3. The second-order valence-electron chi connectivity index (χ2n) is 14.1. The molecule has 0 saturated carbocycles. The van der Waals surface area contributed by atoms with Gasteiger partial charge in [-0.15, -0.1) is 0 Å². The monoisotopic (exact) mass is 674 g/mol. The van der Waals surface area contributed by atoms with E-state index in [1.54, 1.807) is 0 Å². The maximum atomic E-state index is 2.37. The van der Waals surface area contributed by atoms with E-state index in [1.165, 1.54) is 77.2 Å². The highest BCUT2D eigenvalue weighted by Crippen LogP contribution is 2.58.